The van der Waals surface area contributed by atoms with E-state index in [4.69, 9.17) is 39.0 Å². The smallest absolute Gasteiger partial charge is 0.124 e. The highest BCUT2D eigenvalue weighted by atomic mass is 35.5. The molecule has 2 aromatic carbocycles. The third kappa shape index (κ3) is 3.77. The van der Waals surface area contributed by atoms with Crippen molar-refractivity contribution in [1.29, 1.82) is 0 Å². The van der Waals surface area contributed by atoms with E-state index in [1.165, 1.54) is 0 Å². The van der Waals surface area contributed by atoms with Gasteiger partial charge in [0.2, 0.25) is 0 Å². The van der Waals surface area contributed by atoms with E-state index in [-0.39, 0.29) is 4.99 Å². The van der Waals surface area contributed by atoms with Crippen LogP contribution in [0, 0.1) is 0 Å². The van der Waals surface area contributed by atoms with Gasteiger partial charge in [-0.1, -0.05) is 23.8 Å². The molecule has 0 aliphatic rings. The largest absolute Gasteiger partial charge is 0.497 e. The Morgan fingerprint density at radius 2 is 1.67 bits per heavy atom. The van der Waals surface area contributed by atoms with Crippen LogP contribution in [-0.2, 0) is 0 Å². The van der Waals surface area contributed by atoms with E-state index in [0.717, 1.165) is 11.4 Å². The van der Waals surface area contributed by atoms with Gasteiger partial charge in [-0.25, -0.2) is 0 Å². The van der Waals surface area contributed by atoms with Crippen LogP contribution in [-0.4, -0.2) is 19.2 Å². The van der Waals surface area contributed by atoms with Gasteiger partial charge in [0, 0.05) is 35.1 Å². The summed E-state index contributed by atoms with van der Waals surface area (Å²) in [4.78, 5) is 0.273. The fraction of sp³-hybridized carbons (Fsp3) is 0.133. The Bertz CT molecular complexity index is 654. The molecule has 0 saturated heterocycles. The lowest BCUT2D eigenvalue weighted by molar-refractivity contribution is 0.395. The molecule has 0 fully saturated rings. The van der Waals surface area contributed by atoms with Crippen molar-refractivity contribution in [3.05, 3.63) is 47.0 Å². The van der Waals surface area contributed by atoms with Crippen LogP contribution in [0.3, 0.4) is 0 Å². The van der Waals surface area contributed by atoms with Crippen LogP contribution in [0.5, 0.6) is 11.5 Å². The van der Waals surface area contributed by atoms with Gasteiger partial charge in [0.15, 0.2) is 0 Å². The fourth-order valence-electron chi connectivity index (χ4n) is 1.84. The topological polar surface area (TPSA) is 56.5 Å². The Hall–Kier alpha value is -1.98. The molecule has 0 heterocycles. The van der Waals surface area contributed by atoms with Crippen molar-refractivity contribution in [2.75, 3.05) is 19.5 Å². The number of ether oxygens (including phenoxy) is 2. The molecule has 4 nitrogen and oxygen atoms in total. The maximum Gasteiger partial charge on any atom is 0.124 e. The van der Waals surface area contributed by atoms with Crippen molar-refractivity contribution < 1.29 is 9.47 Å². The third-order valence-corrected chi connectivity index (χ3v) is 3.41. The predicted octanol–water partition coefficient (Wildman–Crippen LogP) is 3.74. The molecule has 110 valence electrons. The van der Waals surface area contributed by atoms with Crippen LogP contribution >= 0.6 is 23.8 Å². The standard InChI is InChI=1S/C15H15ClN2O2S/c1-19-11-5-10(6-12(8-11)20-2)18-9-3-4-13(15(17)21)14(16)7-9/h3-8,18H,1-2H3,(H2,17,21). The first-order valence-electron chi connectivity index (χ1n) is 6.13. The number of benzene rings is 2. The van der Waals surface area contributed by atoms with Gasteiger partial charge in [0.1, 0.15) is 16.5 Å². The maximum absolute atomic E-state index is 6.15. The minimum atomic E-state index is 0.273. The van der Waals surface area contributed by atoms with Crippen LogP contribution in [0.25, 0.3) is 0 Å². The van der Waals surface area contributed by atoms with E-state index in [9.17, 15) is 0 Å². The number of thiocarbonyl (C=S) groups is 1. The van der Waals surface area contributed by atoms with Crippen molar-refractivity contribution >= 4 is 40.2 Å². The van der Waals surface area contributed by atoms with Gasteiger partial charge >= 0.3 is 0 Å². The molecule has 3 N–H and O–H groups in total. The number of hydrogen-bond acceptors (Lipinski definition) is 4. The van der Waals surface area contributed by atoms with Gasteiger partial charge < -0.3 is 20.5 Å². The summed E-state index contributed by atoms with van der Waals surface area (Å²) in [6.07, 6.45) is 0. The van der Waals surface area contributed by atoms with Crippen LogP contribution in [0.2, 0.25) is 5.02 Å². The zero-order chi connectivity index (χ0) is 15.4. The lowest BCUT2D eigenvalue weighted by Gasteiger charge is -2.12. The van der Waals surface area contributed by atoms with Gasteiger partial charge in [-0.2, -0.15) is 0 Å². The average molecular weight is 323 g/mol. The summed E-state index contributed by atoms with van der Waals surface area (Å²) < 4.78 is 10.5. The van der Waals surface area contributed by atoms with Gasteiger partial charge in [-0.15, -0.1) is 0 Å². The molecule has 21 heavy (non-hydrogen) atoms. The number of methoxy groups -OCH3 is 2. The Labute approximate surface area is 133 Å². The normalized spacial score (nSPS) is 10.0. The lowest BCUT2D eigenvalue weighted by atomic mass is 10.2. The number of halogens is 1. The molecule has 0 amide bonds. The highest BCUT2D eigenvalue weighted by Gasteiger charge is 2.06. The van der Waals surface area contributed by atoms with Gasteiger partial charge in [0.25, 0.3) is 0 Å². The molecule has 0 radical (unpaired) electrons. The number of rotatable bonds is 5. The SMILES string of the molecule is COc1cc(Nc2ccc(C(N)=S)c(Cl)c2)cc(OC)c1. The minimum Gasteiger partial charge on any atom is -0.497 e. The minimum absolute atomic E-state index is 0.273. The Morgan fingerprint density at radius 1 is 1.05 bits per heavy atom. The van der Waals surface area contributed by atoms with E-state index in [1.54, 1.807) is 32.4 Å². The maximum atomic E-state index is 6.15. The second-order valence-corrected chi connectivity index (χ2v) is 5.13. The van der Waals surface area contributed by atoms with E-state index in [0.29, 0.717) is 22.1 Å². The first-order valence-corrected chi connectivity index (χ1v) is 6.91. The summed E-state index contributed by atoms with van der Waals surface area (Å²) >= 11 is 11.1. The summed E-state index contributed by atoms with van der Waals surface area (Å²) in [5, 5.41) is 3.73. The third-order valence-electron chi connectivity index (χ3n) is 2.87. The monoisotopic (exact) mass is 322 g/mol. The molecule has 0 bridgehead atoms. The Balaban J connectivity index is 2.29. The highest BCUT2D eigenvalue weighted by molar-refractivity contribution is 7.80. The molecule has 6 heteroatoms. The first-order chi connectivity index (χ1) is 10.0. The molecule has 0 spiro atoms. The van der Waals surface area contributed by atoms with Crippen LogP contribution in [0.4, 0.5) is 11.4 Å². The van der Waals surface area contributed by atoms with Crippen molar-refractivity contribution in [3.63, 3.8) is 0 Å². The molecule has 0 saturated carbocycles. The van der Waals surface area contributed by atoms with E-state index in [2.05, 4.69) is 5.32 Å². The Kier molecular flexibility index (Phi) is 4.88. The first kappa shape index (κ1) is 15.4. The number of nitrogens with two attached hydrogens (primary N) is 1. The molecular weight excluding hydrogens is 308 g/mol. The Morgan fingerprint density at radius 3 is 2.14 bits per heavy atom. The van der Waals surface area contributed by atoms with Crippen LogP contribution < -0.4 is 20.5 Å². The molecule has 0 aliphatic carbocycles. The second-order valence-electron chi connectivity index (χ2n) is 4.29. The lowest BCUT2D eigenvalue weighted by Crippen LogP contribution is -2.09. The summed E-state index contributed by atoms with van der Waals surface area (Å²) in [5.74, 6) is 1.39. The molecule has 2 aromatic rings. The van der Waals surface area contributed by atoms with E-state index in [1.807, 2.05) is 18.2 Å². The summed E-state index contributed by atoms with van der Waals surface area (Å²) in [5.41, 5.74) is 7.88. The summed E-state index contributed by atoms with van der Waals surface area (Å²) in [7, 11) is 3.21. The molecular formula is C15H15ClN2O2S. The van der Waals surface area contributed by atoms with E-state index < -0.39 is 0 Å². The summed E-state index contributed by atoms with van der Waals surface area (Å²) in [6.45, 7) is 0. The van der Waals surface area contributed by atoms with Crippen LogP contribution in [0.1, 0.15) is 5.56 Å². The zero-order valence-electron chi connectivity index (χ0n) is 11.6. The second kappa shape index (κ2) is 6.65. The number of anilines is 2. The van der Waals surface area contributed by atoms with Crippen molar-refractivity contribution in [1.82, 2.24) is 0 Å². The van der Waals surface area contributed by atoms with Gasteiger partial charge in [-0.3, -0.25) is 0 Å². The fourth-order valence-corrected chi connectivity index (χ4v) is 2.36. The summed E-state index contributed by atoms with van der Waals surface area (Å²) in [6, 6.07) is 10.9. The van der Waals surface area contributed by atoms with Crippen molar-refractivity contribution in [2.45, 2.75) is 0 Å². The quantitative estimate of drug-likeness (QED) is 0.821. The molecule has 0 aromatic heterocycles. The molecule has 0 unspecified atom stereocenters. The van der Waals surface area contributed by atoms with Crippen molar-refractivity contribution in [2.24, 2.45) is 5.73 Å². The van der Waals surface area contributed by atoms with E-state index >= 15 is 0 Å². The molecule has 0 aliphatic heterocycles. The average Bonchev–Trinajstić information content (AvgIpc) is 2.46. The highest BCUT2D eigenvalue weighted by Crippen LogP contribution is 2.29. The van der Waals surface area contributed by atoms with Gasteiger partial charge in [-0.05, 0) is 18.2 Å². The predicted molar refractivity (Wildman–Crippen MR) is 90.2 cm³/mol. The molecule has 2 rings (SSSR count). The van der Waals surface area contributed by atoms with Crippen LogP contribution in [0.15, 0.2) is 36.4 Å². The number of hydrogen-bond donors (Lipinski definition) is 2. The number of nitrogens with one attached hydrogen (secondary N) is 1. The molecule has 0 atom stereocenters. The van der Waals surface area contributed by atoms with Crippen molar-refractivity contribution in [3.8, 4) is 11.5 Å². The zero-order valence-corrected chi connectivity index (χ0v) is 13.2. The van der Waals surface area contributed by atoms with Gasteiger partial charge in [0.05, 0.1) is 19.2 Å².